The fourth-order valence-corrected chi connectivity index (χ4v) is 1.38. The second-order valence-corrected chi connectivity index (χ2v) is 3.25. The van der Waals surface area contributed by atoms with Crippen LogP contribution < -0.4 is 0 Å². The van der Waals surface area contributed by atoms with Gasteiger partial charge in [-0.15, -0.1) is 0 Å². The van der Waals surface area contributed by atoms with E-state index in [1.807, 2.05) is 0 Å². The molecule has 0 fully saturated rings. The quantitative estimate of drug-likeness (QED) is 0.685. The van der Waals surface area contributed by atoms with E-state index >= 15 is 0 Å². The molecule has 0 aliphatic carbocycles. The zero-order valence-corrected chi connectivity index (χ0v) is 8.53. The predicted molar refractivity (Wildman–Crippen MR) is 56.8 cm³/mol. The molecule has 7 heteroatoms. The van der Waals surface area contributed by atoms with Crippen LogP contribution in [0.4, 0.5) is 0 Å². The van der Waals surface area contributed by atoms with Crippen LogP contribution in [0, 0.1) is 0 Å². The van der Waals surface area contributed by atoms with Gasteiger partial charge in [-0.2, -0.15) is 4.98 Å². The van der Waals surface area contributed by atoms with E-state index in [1.54, 1.807) is 18.5 Å². The van der Waals surface area contributed by atoms with E-state index in [-0.39, 0.29) is 11.6 Å². The first-order valence-corrected chi connectivity index (χ1v) is 4.81. The zero-order chi connectivity index (χ0) is 11.7. The fourth-order valence-electron chi connectivity index (χ4n) is 1.38. The first kappa shape index (κ1) is 9.52. The maximum atomic E-state index is 9.59. The van der Waals surface area contributed by atoms with E-state index in [0.29, 0.717) is 17.2 Å². The van der Waals surface area contributed by atoms with Crippen molar-refractivity contribution in [3.63, 3.8) is 0 Å². The number of hydrogen-bond donors (Lipinski definition) is 2. The Bertz CT molecular complexity index is 632. The Morgan fingerprint density at radius 1 is 1.29 bits per heavy atom. The van der Waals surface area contributed by atoms with Gasteiger partial charge in [0.25, 0.3) is 5.89 Å². The highest BCUT2D eigenvalue weighted by atomic mass is 16.5. The molecule has 3 rings (SSSR count). The van der Waals surface area contributed by atoms with E-state index in [9.17, 15) is 5.11 Å². The standard InChI is InChI=1S/C10H7N5O2/c16-7-5-11-2-1-6(7)10-14-9(15-17-10)8-12-3-4-13-8/h1-5,16H,(H,12,13). The number of nitrogens with one attached hydrogen (secondary N) is 1. The highest BCUT2D eigenvalue weighted by molar-refractivity contribution is 5.62. The molecule has 0 radical (unpaired) electrons. The van der Waals surface area contributed by atoms with Crippen molar-refractivity contribution in [3.05, 3.63) is 30.9 Å². The third kappa shape index (κ3) is 1.63. The van der Waals surface area contributed by atoms with Gasteiger partial charge in [0.2, 0.25) is 5.82 Å². The molecule has 17 heavy (non-hydrogen) atoms. The van der Waals surface area contributed by atoms with Crippen LogP contribution in [-0.2, 0) is 0 Å². The molecule has 0 amide bonds. The Balaban J connectivity index is 2.04. The van der Waals surface area contributed by atoms with Gasteiger partial charge < -0.3 is 14.6 Å². The van der Waals surface area contributed by atoms with Gasteiger partial charge in [-0.25, -0.2) is 4.98 Å². The van der Waals surface area contributed by atoms with Gasteiger partial charge in [0.1, 0.15) is 5.75 Å². The van der Waals surface area contributed by atoms with Gasteiger partial charge in [0.05, 0.1) is 11.8 Å². The number of imidazole rings is 1. The molecule has 0 aliphatic rings. The Labute approximate surface area is 95.2 Å². The van der Waals surface area contributed by atoms with E-state index in [2.05, 4.69) is 25.1 Å². The first-order valence-electron chi connectivity index (χ1n) is 4.81. The Kier molecular flexibility index (Phi) is 2.08. The molecule has 0 bridgehead atoms. The molecular weight excluding hydrogens is 222 g/mol. The molecule has 0 saturated heterocycles. The summed E-state index contributed by atoms with van der Waals surface area (Å²) in [5.41, 5.74) is 0.435. The van der Waals surface area contributed by atoms with Crippen molar-refractivity contribution >= 4 is 0 Å². The summed E-state index contributed by atoms with van der Waals surface area (Å²) in [5, 5.41) is 13.4. The summed E-state index contributed by atoms with van der Waals surface area (Å²) in [6.45, 7) is 0. The smallest absolute Gasteiger partial charge is 0.262 e. The minimum atomic E-state index is -0.0119. The van der Waals surface area contributed by atoms with E-state index in [4.69, 9.17) is 4.52 Å². The van der Waals surface area contributed by atoms with E-state index in [0.717, 1.165) is 0 Å². The monoisotopic (exact) mass is 229 g/mol. The van der Waals surface area contributed by atoms with Crippen molar-refractivity contribution in [1.82, 2.24) is 25.1 Å². The van der Waals surface area contributed by atoms with Crippen LogP contribution in [0.15, 0.2) is 35.4 Å². The Morgan fingerprint density at radius 2 is 2.24 bits per heavy atom. The fraction of sp³-hybridized carbons (Fsp3) is 0. The van der Waals surface area contributed by atoms with Gasteiger partial charge in [-0.3, -0.25) is 4.98 Å². The van der Waals surface area contributed by atoms with Crippen LogP contribution in [0.25, 0.3) is 23.1 Å². The van der Waals surface area contributed by atoms with Gasteiger partial charge >= 0.3 is 0 Å². The molecule has 0 spiro atoms. The Hall–Kier alpha value is -2.70. The molecule has 3 heterocycles. The largest absolute Gasteiger partial charge is 0.505 e. The molecule has 2 N–H and O–H groups in total. The van der Waals surface area contributed by atoms with E-state index in [1.165, 1.54) is 12.4 Å². The van der Waals surface area contributed by atoms with Crippen LogP contribution in [-0.4, -0.2) is 30.2 Å². The lowest BCUT2D eigenvalue weighted by Gasteiger charge is -1.95. The number of pyridine rings is 1. The van der Waals surface area contributed by atoms with Crippen LogP contribution in [0.3, 0.4) is 0 Å². The summed E-state index contributed by atoms with van der Waals surface area (Å²) >= 11 is 0. The topological polar surface area (TPSA) is 101 Å². The zero-order valence-electron chi connectivity index (χ0n) is 8.53. The summed E-state index contributed by atoms with van der Waals surface area (Å²) < 4.78 is 5.05. The molecule has 7 nitrogen and oxygen atoms in total. The first-order chi connectivity index (χ1) is 8.34. The molecule has 84 valence electrons. The molecule has 0 saturated carbocycles. The summed E-state index contributed by atoms with van der Waals surface area (Å²) in [6.07, 6.45) is 6.10. The van der Waals surface area contributed by atoms with Gasteiger partial charge in [0.15, 0.2) is 5.82 Å². The van der Waals surface area contributed by atoms with Crippen molar-refractivity contribution in [1.29, 1.82) is 0 Å². The third-order valence-electron chi connectivity index (χ3n) is 2.17. The van der Waals surface area contributed by atoms with Crippen molar-refractivity contribution in [3.8, 4) is 28.9 Å². The van der Waals surface area contributed by atoms with Crippen LogP contribution in [0.1, 0.15) is 0 Å². The molecule has 0 aliphatic heterocycles. The number of hydrogen-bond acceptors (Lipinski definition) is 6. The van der Waals surface area contributed by atoms with Gasteiger partial charge in [-0.1, -0.05) is 5.16 Å². The lowest BCUT2D eigenvalue weighted by molar-refractivity contribution is 0.425. The maximum Gasteiger partial charge on any atom is 0.262 e. The van der Waals surface area contributed by atoms with Gasteiger partial charge in [0, 0.05) is 18.6 Å². The summed E-state index contributed by atoms with van der Waals surface area (Å²) in [5.74, 6) is 1.05. The van der Waals surface area contributed by atoms with Crippen molar-refractivity contribution in [2.24, 2.45) is 0 Å². The van der Waals surface area contributed by atoms with Crippen LogP contribution in [0.5, 0.6) is 5.75 Å². The maximum absolute atomic E-state index is 9.59. The SMILES string of the molecule is Oc1cnccc1-c1nc(-c2ncc[nH]2)no1. The normalized spacial score (nSPS) is 10.6. The van der Waals surface area contributed by atoms with E-state index < -0.39 is 0 Å². The average molecular weight is 229 g/mol. The molecular formula is C10H7N5O2. The number of aromatic nitrogens is 5. The lowest BCUT2D eigenvalue weighted by atomic mass is 10.2. The van der Waals surface area contributed by atoms with Crippen molar-refractivity contribution in [2.45, 2.75) is 0 Å². The summed E-state index contributed by atoms with van der Waals surface area (Å²) in [4.78, 5) is 14.8. The minimum Gasteiger partial charge on any atom is -0.505 e. The number of aromatic hydroxyl groups is 1. The number of nitrogens with zero attached hydrogens (tertiary/aromatic N) is 4. The molecule has 0 atom stereocenters. The minimum absolute atomic E-state index is 0.0119. The molecule has 3 aromatic heterocycles. The number of aromatic amines is 1. The third-order valence-corrected chi connectivity index (χ3v) is 2.17. The second kappa shape index (κ2) is 3.71. The van der Waals surface area contributed by atoms with Crippen molar-refractivity contribution in [2.75, 3.05) is 0 Å². The predicted octanol–water partition coefficient (Wildman–Crippen LogP) is 1.23. The summed E-state index contributed by atoms with van der Waals surface area (Å²) in [7, 11) is 0. The molecule has 0 unspecified atom stereocenters. The highest BCUT2D eigenvalue weighted by Gasteiger charge is 2.14. The average Bonchev–Trinajstić information content (AvgIpc) is 3.00. The van der Waals surface area contributed by atoms with Crippen LogP contribution in [0.2, 0.25) is 0 Å². The number of H-pyrrole nitrogens is 1. The van der Waals surface area contributed by atoms with Crippen LogP contribution >= 0.6 is 0 Å². The molecule has 0 aromatic carbocycles. The lowest BCUT2D eigenvalue weighted by Crippen LogP contribution is -1.83. The van der Waals surface area contributed by atoms with Crippen molar-refractivity contribution < 1.29 is 9.63 Å². The molecule has 3 aromatic rings. The number of rotatable bonds is 2. The summed E-state index contributed by atoms with van der Waals surface area (Å²) in [6, 6.07) is 1.59. The second-order valence-electron chi connectivity index (χ2n) is 3.25. The highest BCUT2D eigenvalue weighted by Crippen LogP contribution is 2.27. The Morgan fingerprint density at radius 3 is 3.00 bits per heavy atom. The van der Waals surface area contributed by atoms with Gasteiger partial charge in [-0.05, 0) is 6.07 Å².